The third-order valence-electron chi connectivity index (χ3n) is 4.47. The van der Waals surface area contributed by atoms with Gasteiger partial charge < -0.3 is 9.63 Å². The molecular formula is C16H21N3O4S. The van der Waals surface area contributed by atoms with Crippen LogP contribution < -0.4 is 4.72 Å². The van der Waals surface area contributed by atoms with Gasteiger partial charge in [0.05, 0.1) is 6.10 Å². The predicted octanol–water partition coefficient (Wildman–Crippen LogP) is 1.35. The van der Waals surface area contributed by atoms with Crippen LogP contribution in [0, 0.1) is 19.8 Å². The highest BCUT2D eigenvalue weighted by atomic mass is 32.2. The molecule has 8 heteroatoms. The SMILES string of the molecule is Cc1noc(C)c1S(=O)(=O)N[C@@H](Cc1ccncc1)C1CC(O)C1. The number of pyridine rings is 1. The number of nitrogens with one attached hydrogen (secondary N) is 1. The first-order valence-electron chi connectivity index (χ1n) is 7.89. The van der Waals surface area contributed by atoms with Crippen molar-refractivity contribution in [3.8, 4) is 0 Å². The average Bonchev–Trinajstić information content (AvgIpc) is 2.84. The monoisotopic (exact) mass is 351 g/mol. The smallest absolute Gasteiger partial charge is 0.246 e. The number of sulfonamides is 1. The molecule has 3 rings (SSSR count). The summed E-state index contributed by atoms with van der Waals surface area (Å²) >= 11 is 0. The van der Waals surface area contributed by atoms with Crippen molar-refractivity contribution in [1.82, 2.24) is 14.9 Å². The molecule has 0 aromatic carbocycles. The van der Waals surface area contributed by atoms with Crippen molar-refractivity contribution in [2.45, 2.75) is 50.2 Å². The second-order valence-electron chi connectivity index (χ2n) is 6.33. The van der Waals surface area contributed by atoms with E-state index < -0.39 is 10.0 Å². The van der Waals surface area contributed by atoms with Crippen molar-refractivity contribution in [3.63, 3.8) is 0 Å². The van der Waals surface area contributed by atoms with E-state index in [1.54, 1.807) is 26.2 Å². The number of aliphatic hydroxyl groups excluding tert-OH is 1. The number of rotatable bonds is 6. The van der Waals surface area contributed by atoms with Gasteiger partial charge in [-0.05, 0) is 56.7 Å². The third-order valence-corrected chi connectivity index (χ3v) is 6.20. The largest absolute Gasteiger partial charge is 0.393 e. The first-order chi connectivity index (χ1) is 11.4. The minimum absolute atomic E-state index is 0.0992. The number of hydrogen-bond donors (Lipinski definition) is 2. The van der Waals surface area contributed by atoms with Crippen LogP contribution in [0.1, 0.15) is 29.9 Å². The fourth-order valence-electron chi connectivity index (χ4n) is 3.15. The molecule has 130 valence electrons. The van der Waals surface area contributed by atoms with E-state index >= 15 is 0 Å². The maximum atomic E-state index is 12.8. The lowest BCUT2D eigenvalue weighted by Crippen LogP contribution is -2.48. The summed E-state index contributed by atoms with van der Waals surface area (Å²) < 4.78 is 33.3. The Bertz CT molecular complexity index is 778. The van der Waals surface area contributed by atoms with Crippen molar-refractivity contribution in [2.75, 3.05) is 0 Å². The molecule has 0 amide bonds. The van der Waals surface area contributed by atoms with Gasteiger partial charge in [0.25, 0.3) is 0 Å². The van der Waals surface area contributed by atoms with Crippen molar-refractivity contribution in [2.24, 2.45) is 5.92 Å². The predicted molar refractivity (Wildman–Crippen MR) is 86.8 cm³/mol. The molecule has 2 N–H and O–H groups in total. The lowest BCUT2D eigenvalue weighted by atomic mass is 9.76. The van der Waals surface area contributed by atoms with Gasteiger partial charge in [-0.3, -0.25) is 4.98 Å². The molecule has 2 aromatic heterocycles. The summed E-state index contributed by atoms with van der Waals surface area (Å²) in [5.74, 6) is 0.375. The molecule has 0 radical (unpaired) electrons. The first kappa shape index (κ1) is 17.1. The van der Waals surface area contributed by atoms with Gasteiger partial charge in [-0.25, -0.2) is 13.1 Å². The molecule has 2 aromatic rings. The van der Waals surface area contributed by atoms with Gasteiger partial charge in [-0.15, -0.1) is 0 Å². The molecule has 7 nitrogen and oxygen atoms in total. The fraction of sp³-hybridized carbons (Fsp3) is 0.500. The van der Waals surface area contributed by atoms with Gasteiger partial charge in [-0.2, -0.15) is 0 Å². The Kier molecular flexibility index (Phi) is 4.71. The van der Waals surface area contributed by atoms with Gasteiger partial charge in [0, 0.05) is 18.4 Å². The average molecular weight is 351 g/mol. The lowest BCUT2D eigenvalue weighted by molar-refractivity contribution is 0.0283. The van der Waals surface area contributed by atoms with Crippen LogP contribution in [0.15, 0.2) is 33.9 Å². The Morgan fingerprint density at radius 2 is 2.00 bits per heavy atom. The standard InChI is InChI=1S/C16H21N3O4S/c1-10-16(11(2)23-18-10)24(21,22)19-15(13-8-14(20)9-13)7-12-3-5-17-6-4-12/h3-6,13-15,19-20H,7-9H2,1-2H3/t13?,14?,15-/m0/s1. The second kappa shape index (κ2) is 6.62. The highest BCUT2D eigenvalue weighted by molar-refractivity contribution is 7.89. The Balaban J connectivity index is 1.83. The third kappa shape index (κ3) is 3.50. The van der Waals surface area contributed by atoms with Gasteiger partial charge in [0.15, 0.2) is 5.76 Å². The van der Waals surface area contributed by atoms with Crippen molar-refractivity contribution in [1.29, 1.82) is 0 Å². The van der Waals surface area contributed by atoms with E-state index in [1.807, 2.05) is 12.1 Å². The van der Waals surface area contributed by atoms with Crippen molar-refractivity contribution in [3.05, 3.63) is 41.5 Å². The number of aromatic nitrogens is 2. The molecule has 1 fully saturated rings. The highest BCUT2D eigenvalue weighted by Crippen LogP contribution is 2.33. The van der Waals surface area contributed by atoms with Crippen LogP contribution >= 0.6 is 0 Å². The van der Waals surface area contributed by atoms with E-state index in [4.69, 9.17) is 4.52 Å². The van der Waals surface area contributed by atoms with E-state index in [-0.39, 0.29) is 28.7 Å². The van der Waals surface area contributed by atoms with Crippen molar-refractivity contribution >= 4 is 10.0 Å². The van der Waals surface area contributed by atoms with E-state index in [0.717, 1.165) is 5.56 Å². The van der Waals surface area contributed by atoms with E-state index in [2.05, 4.69) is 14.9 Å². The van der Waals surface area contributed by atoms with Gasteiger partial charge >= 0.3 is 0 Å². The maximum Gasteiger partial charge on any atom is 0.246 e. The Labute approximate surface area is 141 Å². The number of aryl methyl sites for hydroxylation is 2. The summed E-state index contributed by atoms with van der Waals surface area (Å²) in [6, 6.07) is 3.44. The zero-order chi connectivity index (χ0) is 17.3. The van der Waals surface area contributed by atoms with E-state index in [0.29, 0.717) is 25.0 Å². The summed E-state index contributed by atoms with van der Waals surface area (Å²) in [7, 11) is -3.74. The molecule has 0 unspecified atom stereocenters. The zero-order valence-electron chi connectivity index (χ0n) is 13.6. The quantitative estimate of drug-likeness (QED) is 0.814. The molecule has 24 heavy (non-hydrogen) atoms. The first-order valence-corrected chi connectivity index (χ1v) is 9.37. The van der Waals surface area contributed by atoms with Crippen molar-refractivity contribution < 1.29 is 18.0 Å². The summed E-state index contributed by atoms with van der Waals surface area (Å²) in [5, 5.41) is 13.3. The van der Waals surface area contributed by atoms with Crippen LogP contribution in [-0.2, 0) is 16.4 Å². The van der Waals surface area contributed by atoms with E-state index in [9.17, 15) is 13.5 Å². The number of aliphatic hydroxyl groups is 1. The van der Waals surface area contributed by atoms with Gasteiger partial charge in [0.2, 0.25) is 10.0 Å². The van der Waals surface area contributed by atoms with Crippen LogP contribution in [0.2, 0.25) is 0 Å². The zero-order valence-corrected chi connectivity index (χ0v) is 14.5. The molecule has 0 aliphatic heterocycles. The Morgan fingerprint density at radius 3 is 2.54 bits per heavy atom. The van der Waals surface area contributed by atoms with E-state index in [1.165, 1.54) is 0 Å². The van der Waals surface area contributed by atoms with Crippen LogP contribution in [0.25, 0.3) is 0 Å². The summed E-state index contributed by atoms with van der Waals surface area (Å²) in [4.78, 5) is 4.08. The second-order valence-corrected chi connectivity index (χ2v) is 7.98. The molecular weight excluding hydrogens is 330 g/mol. The van der Waals surface area contributed by atoms with Crippen LogP contribution in [0.3, 0.4) is 0 Å². The van der Waals surface area contributed by atoms with Crippen LogP contribution in [-0.4, -0.2) is 35.8 Å². The molecule has 1 aliphatic rings. The Hall–Kier alpha value is -1.77. The molecule has 1 saturated carbocycles. The minimum atomic E-state index is -3.74. The van der Waals surface area contributed by atoms with Gasteiger partial charge in [0.1, 0.15) is 10.6 Å². The normalized spacial score (nSPS) is 22.1. The summed E-state index contributed by atoms with van der Waals surface area (Å²) in [6.07, 6.45) is 4.76. The minimum Gasteiger partial charge on any atom is -0.393 e. The molecule has 2 heterocycles. The van der Waals surface area contributed by atoms with Gasteiger partial charge in [-0.1, -0.05) is 5.16 Å². The summed E-state index contributed by atoms with van der Waals surface area (Å²) in [5.41, 5.74) is 1.34. The molecule has 0 spiro atoms. The van der Waals surface area contributed by atoms with Crippen LogP contribution in [0.4, 0.5) is 0 Å². The van der Waals surface area contributed by atoms with Crippen LogP contribution in [0.5, 0.6) is 0 Å². The molecule has 1 aliphatic carbocycles. The molecule has 0 bridgehead atoms. The molecule has 1 atom stereocenters. The summed E-state index contributed by atoms with van der Waals surface area (Å²) in [6.45, 7) is 3.19. The molecule has 0 saturated heterocycles. The fourth-order valence-corrected chi connectivity index (χ4v) is 4.79. The number of hydrogen-bond acceptors (Lipinski definition) is 6. The highest BCUT2D eigenvalue weighted by Gasteiger charge is 2.37. The topological polar surface area (TPSA) is 105 Å². The number of nitrogens with zero attached hydrogens (tertiary/aromatic N) is 2. The lowest BCUT2D eigenvalue weighted by Gasteiger charge is -2.38. The Morgan fingerprint density at radius 1 is 1.33 bits per heavy atom. The maximum absolute atomic E-state index is 12.8.